The Hall–Kier alpha value is -2.13. The van der Waals surface area contributed by atoms with Crippen molar-refractivity contribution >= 4 is 23.5 Å². The highest BCUT2D eigenvalue weighted by molar-refractivity contribution is 6.29. The second kappa shape index (κ2) is 7.34. The zero-order valence-electron chi connectivity index (χ0n) is 10.3. The summed E-state index contributed by atoms with van der Waals surface area (Å²) in [7, 11) is 1.54. The minimum absolute atomic E-state index is 0.219. The molecule has 0 N–H and O–H groups in total. The van der Waals surface area contributed by atoms with Gasteiger partial charge in [0.15, 0.2) is 6.61 Å². The maximum absolute atomic E-state index is 11.6. The van der Waals surface area contributed by atoms with Gasteiger partial charge in [-0.2, -0.15) is 5.26 Å². The molecular formula is C12H12ClN3O3. The summed E-state index contributed by atoms with van der Waals surface area (Å²) in [5.41, 5.74) is 0.219. The molecule has 1 aromatic heterocycles. The second-order valence-corrected chi connectivity index (χ2v) is 4.06. The topological polar surface area (TPSA) is 83.3 Å². The van der Waals surface area contributed by atoms with Gasteiger partial charge in [0.05, 0.1) is 18.1 Å². The first-order valence-corrected chi connectivity index (χ1v) is 5.82. The van der Waals surface area contributed by atoms with Crippen molar-refractivity contribution in [1.29, 1.82) is 5.26 Å². The summed E-state index contributed by atoms with van der Waals surface area (Å²) in [4.78, 5) is 28.2. The third-order valence-electron chi connectivity index (χ3n) is 2.27. The van der Waals surface area contributed by atoms with Crippen molar-refractivity contribution in [2.45, 2.75) is 6.42 Å². The number of halogens is 1. The molecule has 6 nitrogen and oxygen atoms in total. The number of aromatic nitrogens is 1. The first-order valence-electron chi connectivity index (χ1n) is 5.44. The highest BCUT2D eigenvalue weighted by Gasteiger charge is 2.13. The summed E-state index contributed by atoms with van der Waals surface area (Å²) in [5.74, 6) is -1.02. The average Bonchev–Trinajstić information content (AvgIpc) is 2.42. The molecule has 19 heavy (non-hydrogen) atoms. The smallest absolute Gasteiger partial charge is 0.340 e. The Bertz CT molecular complexity index is 496. The Labute approximate surface area is 115 Å². The largest absolute Gasteiger partial charge is 0.452 e. The van der Waals surface area contributed by atoms with Gasteiger partial charge in [0, 0.05) is 19.8 Å². The van der Waals surface area contributed by atoms with Crippen molar-refractivity contribution in [3.63, 3.8) is 0 Å². The SMILES string of the molecule is CN(CCC#N)C(=O)COC(=O)c1ccc(Cl)nc1. The number of carbonyl (C=O) groups excluding carboxylic acids is 2. The molecule has 0 saturated heterocycles. The number of ether oxygens (including phenoxy) is 1. The van der Waals surface area contributed by atoms with E-state index < -0.39 is 5.97 Å². The number of amides is 1. The highest BCUT2D eigenvalue weighted by Crippen LogP contribution is 2.06. The summed E-state index contributed by atoms with van der Waals surface area (Å²) in [6.45, 7) is -0.0707. The number of nitrogens with zero attached hydrogens (tertiary/aromatic N) is 3. The Morgan fingerprint density at radius 2 is 2.26 bits per heavy atom. The predicted molar refractivity (Wildman–Crippen MR) is 67.4 cm³/mol. The van der Waals surface area contributed by atoms with Crippen LogP contribution in [0, 0.1) is 11.3 Å². The first-order chi connectivity index (χ1) is 9.04. The molecule has 0 aliphatic heterocycles. The lowest BCUT2D eigenvalue weighted by Gasteiger charge is -2.15. The number of carbonyl (C=O) groups is 2. The zero-order chi connectivity index (χ0) is 14.3. The van der Waals surface area contributed by atoms with Gasteiger partial charge in [0.1, 0.15) is 5.15 Å². The number of nitriles is 1. The first kappa shape index (κ1) is 14.9. The molecule has 1 heterocycles. The monoisotopic (exact) mass is 281 g/mol. The van der Waals surface area contributed by atoms with Gasteiger partial charge < -0.3 is 9.64 Å². The molecule has 0 fully saturated rings. The quantitative estimate of drug-likeness (QED) is 0.599. The molecule has 1 amide bonds. The van der Waals surface area contributed by atoms with Crippen LogP contribution in [0.2, 0.25) is 5.15 Å². The van der Waals surface area contributed by atoms with Gasteiger partial charge in [-0.3, -0.25) is 4.79 Å². The van der Waals surface area contributed by atoms with Crippen molar-refractivity contribution in [3.8, 4) is 6.07 Å². The third-order valence-corrected chi connectivity index (χ3v) is 2.50. The van der Waals surface area contributed by atoms with Crippen molar-refractivity contribution in [1.82, 2.24) is 9.88 Å². The van der Waals surface area contributed by atoms with Crippen LogP contribution in [0.4, 0.5) is 0 Å². The molecule has 0 unspecified atom stereocenters. The fourth-order valence-electron chi connectivity index (χ4n) is 1.16. The lowest BCUT2D eigenvalue weighted by Crippen LogP contribution is -2.31. The third kappa shape index (κ3) is 4.94. The van der Waals surface area contributed by atoms with E-state index in [9.17, 15) is 9.59 Å². The lowest BCUT2D eigenvalue weighted by atomic mass is 10.3. The Kier molecular flexibility index (Phi) is 5.76. The standard InChI is InChI=1S/C12H12ClN3O3/c1-16(6-2-5-14)11(17)8-19-12(18)9-3-4-10(13)15-7-9/h3-4,7H,2,6,8H2,1H3. The molecular weight excluding hydrogens is 270 g/mol. The summed E-state index contributed by atoms with van der Waals surface area (Å²) in [5, 5.41) is 8.66. The van der Waals surface area contributed by atoms with E-state index in [0.29, 0.717) is 6.54 Å². The van der Waals surface area contributed by atoms with Crippen molar-refractivity contribution in [2.24, 2.45) is 0 Å². The van der Waals surface area contributed by atoms with E-state index in [-0.39, 0.29) is 29.7 Å². The van der Waals surface area contributed by atoms with Gasteiger partial charge in [-0.25, -0.2) is 9.78 Å². The minimum Gasteiger partial charge on any atom is -0.452 e. The molecule has 0 aliphatic rings. The Morgan fingerprint density at radius 3 is 2.84 bits per heavy atom. The Balaban J connectivity index is 2.44. The molecule has 0 spiro atoms. The van der Waals surface area contributed by atoms with E-state index in [1.165, 1.54) is 30.3 Å². The summed E-state index contributed by atoms with van der Waals surface area (Å²) in [6, 6.07) is 4.84. The van der Waals surface area contributed by atoms with Crippen LogP contribution in [0.1, 0.15) is 16.8 Å². The molecule has 100 valence electrons. The van der Waals surface area contributed by atoms with Gasteiger partial charge in [-0.05, 0) is 12.1 Å². The lowest BCUT2D eigenvalue weighted by molar-refractivity contribution is -0.133. The number of esters is 1. The fraction of sp³-hybridized carbons (Fsp3) is 0.333. The number of pyridine rings is 1. The van der Waals surface area contributed by atoms with E-state index >= 15 is 0 Å². The van der Waals surface area contributed by atoms with Crippen LogP contribution in [0.5, 0.6) is 0 Å². The number of likely N-dealkylation sites (N-methyl/N-ethyl adjacent to an activating group) is 1. The maximum Gasteiger partial charge on any atom is 0.340 e. The normalized spacial score (nSPS) is 9.53. The van der Waals surface area contributed by atoms with Crippen LogP contribution < -0.4 is 0 Å². The molecule has 0 aromatic carbocycles. The number of hydrogen-bond donors (Lipinski definition) is 0. The van der Waals surface area contributed by atoms with E-state index in [4.69, 9.17) is 21.6 Å². The molecule has 1 aromatic rings. The van der Waals surface area contributed by atoms with Crippen LogP contribution in [0.25, 0.3) is 0 Å². The predicted octanol–water partition coefficient (Wildman–Crippen LogP) is 1.26. The van der Waals surface area contributed by atoms with E-state index in [2.05, 4.69) is 4.98 Å². The van der Waals surface area contributed by atoms with Crippen molar-refractivity contribution in [3.05, 3.63) is 29.0 Å². The highest BCUT2D eigenvalue weighted by atomic mass is 35.5. The van der Waals surface area contributed by atoms with Crippen LogP contribution in [-0.2, 0) is 9.53 Å². The summed E-state index contributed by atoms with van der Waals surface area (Å²) in [6.07, 6.45) is 1.51. The molecule has 0 atom stereocenters. The van der Waals surface area contributed by atoms with Crippen molar-refractivity contribution in [2.75, 3.05) is 20.2 Å². The average molecular weight is 282 g/mol. The van der Waals surface area contributed by atoms with Gasteiger partial charge >= 0.3 is 5.97 Å². The van der Waals surface area contributed by atoms with E-state index in [1.54, 1.807) is 0 Å². The summed E-state index contributed by atoms with van der Waals surface area (Å²) < 4.78 is 4.83. The van der Waals surface area contributed by atoms with Gasteiger partial charge in [-0.1, -0.05) is 11.6 Å². The molecule has 1 rings (SSSR count). The fourth-order valence-corrected chi connectivity index (χ4v) is 1.27. The van der Waals surface area contributed by atoms with Gasteiger partial charge in [-0.15, -0.1) is 0 Å². The Morgan fingerprint density at radius 1 is 1.53 bits per heavy atom. The summed E-state index contributed by atoms with van der Waals surface area (Å²) >= 11 is 5.58. The van der Waals surface area contributed by atoms with Crippen LogP contribution in [0.3, 0.4) is 0 Å². The molecule has 0 radical (unpaired) electrons. The zero-order valence-corrected chi connectivity index (χ0v) is 11.1. The van der Waals surface area contributed by atoms with E-state index in [0.717, 1.165) is 0 Å². The molecule has 0 bridgehead atoms. The van der Waals surface area contributed by atoms with Crippen LogP contribution in [0.15, 0.2) is 18.3 Å². The molecule has 7 heteroatoms. The van der Waals surface area contributed by atoms with Crippen LogP contribution in [-0.4, -0.2) is 42.0 Å². The number of hydrogen-bond acceptors (Lipinski definition) is 5. The van der Waals surface area contributed by atoms with Gasteiger partial charge in [0.25, 0.3) is 5.91 Å². The second-order valence-electron chi connectivity index (χ2n) is 3.67. The van der Waals surface area contributed by atoms with Crippen LogP contribution >= 0.6 is 11.6 Å². The maximum atomic E-state index is 11.6. The minimum atomic E-state index is -0.647. The molecule has 0 aliphatic carbocycles. The van der Waals surface area contributed by atoms with Crippen molar-refractivity contribution < 1.29 is 14.3 Å². The van der Waals surface area contributed by atoms with E-state index in [1.807, 2.05) is 6.07 Å². The number of rotatable bonds is 5. The van der Waals surface area contributed by atoms with Gasteiger partial charge in [0.2, 0.25) is 0 Å². The molecule has 0 saturated carbocycles.